The summed E-state index contributed by atoms with van der Waals surface area (Å²) in [7, 11) is 0. The second-order valence-corrected chi connectivity index (χ2v) is 7.55. The summed E-state index contributed by atoms with van der Waals surface area (Å²) >= 11 is 0. The number of anilines is 2. The van der Waals surface area contributed by atoms with Gasteiger partial charge in [0, 0.05) is 49.4 Å². The number of hydrogen-bond donors (Lipinski definition) is 1. The molecule has 0 saturated carbocycles. The van der Waals surface area contributed by atoms with Crippen LogP contribution in [0, 0.1) is 16.0 Å². The Morgan fingerprint density at radius 3 is 2.42 bits per heavy atom. The molecule has 2 amide bonds. The molecule has 31 heavy (non-hydrogen) atoms. The summed E-state index contributed by atoms with van der Waals surface area (Å²) in [5.41, 5.74) is 1.82. The Labute approximate surface area is 182 Å². The van der Waals surface area contributed by atoms with E-state index in [9.17, 15) is 19.7 Å². The summed E-state index contributed by atoms with van der Waals surface area (Å²) in [6.45, 7) is 6.27. The fraction of sp³-hybridized carbons (Fsp3) is 0.391. The van der Waals surface area contributed by atoms with E-state index in [1.54, 1.807) is 47.4 Å². The van der Waals surface area contributed by atoms with Crippen molar-refractivity contribution in [3.05, 3.63) is 64.2 Å². The fourth-order valence-electron chi connectivity index (χ4n) is 3.94. The fourth-order valence-corrected chi connectivity index (χ4v) is 3.94. The first-order valence-corrected chi connectivity index (χ1v) is 10.6. The summed E-state index contributed by atoms with van der Waals surface area (Å²) in [4.78, 5) is 39.9. The highest BCUT2D eigenvalue weighted by Crippen LogP contribution is 2.31. The quantitative estimate of drug-likeness (QED) is 0.537. The highest BCUT2D eigenvalue weighted by Gasteiger charge is 2.28. The molecule has 0 radical (unpaired) electrons. The number of amides is 2. The highest BCUT2D eigenvalue weighted by molar-refractivity contribution is 5.97. The predicted octanol–water partition coefficient (Wildman–Crippen LogP) is 3.93. The number of piperidine rings is 1. The van der Waals surface area contributed by atoms with Gasteiger partial charge in [-0.3, -0.25) is 19.7 Å². The van der Waals surface area contributed by atoms with E-state index in [0.29, 0.717) is 56.0 Å². The molecular formula is C23H28N4O4. The van der Waals surface area contributed by atoms with Crippen molar-refractivity contribution in [3.8, 4) is 0 Å². The average Bonchev–Trinajstić information content (AvgIpc) is 2.80. The molecule has 1 heterocycles. The molecule has 164 valence electrons. The van der Waals surface area contributed by atoms with Gasteiger partial charge in [0.1, 0.15) is 5.69 Å². The maximum absolute atomic E-state index is 12.8. The molecule has 8 heteroatoms. The number of hydrogen-bond acceptors (Lipinski definition) is 5. The standard InChI is InChI=1S/C23H28N4O4/c1-3-25(4-2)23(29)18-8-7-9-19(16-18)24-22(28)17-12-14-26(15-13-17)20-10-5-6-11-21(20)27(30)31/h5-11,16-17H,3-4,12-15H2,1-2H3,(H,24,28). The van der Waals surface area contributed by atoms with Gasteiger partial charge >= 0.3 is 0 Å². The Morgan fingerprint density at radius 1 is 1.10 bits per heavy atom. The first-order chi connectivity index (χ1) is 14.9. The zero-order valence-corrected chi connectivity index (χ0v) is 17.9. The molecule has 0 bridgehead atoms. The minimum atomic E-state index is -0.374. The number of nitro groups is 1. The first kappa shape index (κ1) is 22.3. The summed E-state index contributed by atoms with van der Waals surface area (Å²) in [5.74, 6) is -0.324. The van der Waals surface area contributed by atoms with E-state index in [-0.39, 0.29) is 28.3 Å². The third-order valence-electron chi connectivity index (χ3n) is 5.71. The zero-order chi connectivity index (χ0) is 22.4. The van der Waals surface area contributed by atoms with Crippen molar-refractivity contribution in [1.29, 1.82) is 0 Å². The lowest BCUT2D eigenvalue weighted by molar-refractivity contribution is -0.384. The predicted molar refractivity (Wildman–Crippen MR) is 120 cm³/mol. The first-order valence-electron chi connectivity index (χ1n) is 10.6. The largest absolute Gasteiger partial charge is 0.366 e. The second kappa shape index (κ2) is 10.1. The number of nitrogens with zero attached hydrogens (tertiary/aromatic N) is 3. The van der Waals surface area contributed by atoms with Crippen LogP contribution >= 0.6 is 0 Å². The van der Waals surface area contributed by atoms with Crippen molar-refractivity contribution in [1.82, 2.24) is 4.90 Å². The zero-order valence-electron chi connectivity index (χ0n) is 17.9. The van der Waals surface area contributed by atoms with E-state index in [1.807, 2.05) is 18.7 Å². The van der Waals surface area contributed by atoms with Crippen molar-refractivity contribution >= 4 is 28.9 Å². The molecule has 0 aromatic heterocycles. The maximum atomic E-state index is 12.8. The molecule has 0 aliphatic carbocycles. The van der Waals surface area contributed by atoms with Crippen LogP contribution in [0.2, 0.25) is 0 Å². The van der Waals surface area contributed by atoms with E-state index in [2.05, 4.69) is 5.32 Å². The number of nitro benzene ring substituents is 1. The number of carbonyl (C=O) groups is 2. The SMILES string of the molecule is CCN(CC)C(=O)c1cccc(NC(=O)C2CCN(c3ccccc3[N+](=O)[O-])CC2)c1. The van der Waals surface area contributed by atoms with Gasteiger partial charge in [0.15, 0.2) is 0 Å². The third kappa shape index (κ3) is 5.20. The molecule has 1 aliphatic rings. The summed E-state index contributed by atoms with van der Waals surface area (Å²) in [5, 5.41) is 14.2. The second-order valence-electron chi connectivity index (χ2n) is 7.55. The van der Waals surface area contributed by atoms with Crippen LogP contribution in [0.1, 0.15) is 37.0 Å². The van der Waals surface area contributed by atoms with Crippen LogP contribution in [0.5, 0.6) is 0 Å². The number of benzene rings is 2. The highest BCUT2D eigenvalue weighted by atomic mass is 16.6. The van der Waals surface area contributed by atoms with Gasteiger partial charge in [-0.1, -0.05) is 18.2 Å². The van der Waals surface area contributed by atoms with Crippen molar-refractivity contribution in [2.75, 3.05) is 36.4 Å². The van der Waals surface area contributed by atoms with Crippen molar-refractivity contribution in [2.24, 2.45) is 5.92 Å². The van der Waals surface area contributed by atoms with Gasteiger partial charge in [-0.25, -0.2) is 0 Å². The monoisotopic (exact) mass is 424 g/mol. The van der Waals surface area contributed by atoms with Crippen LogP contribution in [0.15, 0.2) is 48.5 Å². The lowest BCUT2D eigenvalue weighted by Crippen LogP contribution is -2.38. The molecule has 0 unspecified atom stereocenters. The van der Waals surface area contributed by atoms with Gasteiger partial charge in [0.25, 0.3) is 11.6 Å². The Kier molecular flexibility index (Phi) is 7.23. The Bertz CT molecular complexity index is 950. The van der Waals surface area contributed by atoms with Gasteiger partial charge in [-0.05, 0) is 51.0 Å². The summed E-state index contributed by atoms with van der Waals surface area (Å²) in [6.07, 6.45) is 1.21. The minimum absolute atomic E-state index is 0.0566. The smallest absolute Gasteiger partial charge is 0.292 e. The number of carbonyl (C=O) groups excluding carboxylic acids is 2. The van der Waals surface area contributed by atoms with Crippen LogP contribution in [0.3, 0.4) is 0 Å². The minimum Gasteiger partial charge on any atom is -0.366 e. The van der Waals surface area contributed by atoms with E-state index in [4.69, 9.17) is 0 Å². The Hall–Kier alpha value is -3.42. The molecular weight excluding hydrogens is 396 g/mol. The van der Waals surface area contributed by atoms with E-state index < -0.39 is 0 Å². The lowest BCUT2D eigenvalue weighted by Gasteiger charge is -2.32. The van der Waals surface area contributed by atoms with Crippen LogP contribution in [0.25, 0.3) is 0 Å². The van der Waals surface area contributed by atoms with Gasteiger partial charge < -0.3 is 15.1 Å². The van der Waals surface area contributed by atoms with Crippen molar-refractivity contribution in [2.45, 2.75) is 26.7 Å². The molecule has 1 aliphatic heterocycles. The molecule has 0 atom stereocenters. The molecule has 3 rings (SSSR count). The van der Waals surface area contributed by atoms with Crippen LogP contribution in [-0.2, 0) is 4.79 Å². The topological polar surface area (TPSA) is 95.8 Å². The Balaban J connectivity index is 1.62. The van der Waals surface area contributed by atoms with Gasteiger partial charge in [0.05, 0.1) is 4.92 Å². The van der Waals surface area contributed by atoms with E-state index in [1.165, 1.54) is 6.07 Å². The maximum Gasteiger partial charge on any atom is 0.292 e. The van der Waals surface area contributed by atoms with E-state index in [0.717, 1.165) is 0 Å². The van der Waals surface area contributed by atoms with Crippen molar-refractivity contribution in [3.63, 3.8) is 0 Å². The van der Waals surface area contributed by atoms with Crippen LogP contribution < -0.4 is 10.2 Å². The molecule has 0 spiro atoms. The molecule has 2 aromatic rings. The average molecular weight is 425 g/mol. The number of rotatable bonds is 7. The molecule has 2 aromatic carbocycles. The number of para-hydroxylation sites is 2. The lowest BCUT2D eigenvalue weighted by atomic mass is 9.95. The van der Waals surface area contributed by atoms with Crippen LogP contribution in [0.4, 0.5) is 17.1 Å². The third-order valence-corrected chi connectivity index (χ3v) is 5.71. The van der Waals surface area contributed by atoms with Gasteiger partial charge in [-0.2, -0.15) is 0 Å². The number of nitrogens with one attached hydrogen (secondary N) is 1. The molecule has 8 nitrogen and oxygen atoms in total. The van der Waals surface area contributed by atoms with Crippen LogP contribution in [-0.4, -0.2) is 47.8 Å². The summed E-state index contributed by atoms with van der Waals surface area (Å²) in [6, 6.07) is 13.7. The molecule has 1 saturated heterocycles. The van der Waals surface area contributed by atoms with Crippen molar-refractivity contribution < 1.29 is 14.5 Å². The van der Waals surface area contributed by atoms with E-state index >= 15 is 0 Å². The Morgan fingerprint density at radius 2 is 1.77 bits per heavy atom. The normalized spacial score (nSPS) is 14.2. The van der Waals surface area contributed by atoms with Gasteiger partial charge in [-0.15, -0.1) is 0 Å². The van der Waals surface area contributed by atoms with Gasteiger partial charge in [0.2, 0.25) is 5.91 Å². The molecule has 1 N–H and O–H groups in total. The summed E-state index contributed by atoms with van der Waals surface area (Å²) < 4.78 is 0. The molecule has 1 fully saturated rings.